The summed E-state index contributed by atoms with van der Waals surface area (Å²) in [5, 5.41) is 0.679. The Morgan fingerprint density at radius 3 is 2.81 bits per heavy atom. The minimum atomic E-state index is 0.679. The number of anilines is 1. The number of rotatable bonds is 3. The number of imidazole rings is 1. The summed E-state index contributed by atoms with van der Waals surface area (Å²) >= 11 is 9.58. The van der Waals surface area contributed by atoms with Crippen LogP contribution in [-0.2, 0) is 6.54 Å². The van der Waals surface area contributed by atoms with Crippen molar-refractivity contribution in [1.82, 2.24) is 9.55 Å². The van der Waals surface area contributed by atoms with Crippen LogP contribution in [0.4, 0.5) is 5.69 Å². The fraction of sp³-hybridized carbons (Fsp3) is 0.0625. The summed E-state index contributed by atoms with van der Waals surface area (Å²) in [6, 6.07) is 13.6. The first kappa shape index (κ1) is 14.2. The van der Waals surface area contributed by atoms with Gasteiger partial charge in [0.05, 0.1) is 0 Å². The van der Waals surface area contributed by atoms with Gasteiger partial charge in [-0.15, -0.1) is 0 Å². The van der Waals surface area contributed by atoms with Crippen LogP contribution in [0.5, 0.6) is 0 Å². The summed E-state index contributed by atoms with van der Waals surface area (Å²) in [6.45, 7) is 0.713. The fourth-order valence-electron chi connectivity index (χ4n) is 2.27. The number of nitrogens with two attached hydrogens (primary N) is 1. The van der Waals surface area contributed by atoms with Crippen LogP contribution in [0, 0.1) is 0 Å². The van der Waals surface area contributed by atoms with Crippen LogP contribution in [0.1, 0.15) is 5.56 Å². The lowest BCUT2D eigenvalue weighted by Crippen LogP contribution is -2.01. The van der Waals surface area contributed by atoms with E-state index in [9.17, 15) is 0 Å². The first-order chi connectivity index (χ1) is 10.1. The average molecular weight is 363 g/mol. The monoisotopic (exact) mass is 361 g/mol. The second-order valence-electron chi connectivity index (χ2n) is 4.78. The molecule has 3 nitrogen and oxygen atoms in total. The molecule has 0 spiro atoms. The maximum Gasteiger partial charge on any atom is 0.140 e. The lowest BCUT2D eigenvalue weighted by atomic mass is 10.2. The zero-order valence-electron chi connectivity index (χ0n) is 11.1. The summed E-state index contributed by atoms with van der Waals surface area (Å²) in [5.74, 6) is 0.876. The number of nitrogen functional groups attached to an aromatic ring is 1. The Labute approximate surface area is 136 Å². The molecule has 1 aromatic heterocycles. The maximum absolute atomic E-state index is 6.12. The minimum Gasteiger partial charge on any atom is -0.399 e. The van der Waals surface area contributed by atoms with Gasteiger partial charge in [0.2, 0.25) is 0 Å². The molecule has 0 aliphatic heterocycles. The molecule has 0 fully saturated rings. The lowest BCUT2D eigenvalue weighted by molar-refractivity contribution is 0.807. The maximum atomic E-state index is 6.12. The molecule has 2 aromatic carbocycles. The molecular weight excluding hydrogens is 350 g/mol. The van der Waals surface area contributed by atoms with E-state index in [2.05, 4.69) is 25.5 Å². The van der Waals surface area contributed by atoms with Crippen LogP contribution in [0.15, 0.2) is 59.3 Å². The van der Waals surface area contributed by atoms with Crippen molar-refractivity contribution in [3.63, 3.8) is 0 Å². The van der Waals surface area contributed by atoms with Gasteiger partial charge in [0.25, 0.3) is 0 Å². The molecular formula is C16H13BrClN3. The first-order valence-corrected chi connectivity index (χ1v) is 7.61. The zero-order chi connectivity index (χ0) is 14.8. The molecule has 21 heavy (non-hydrogen) atoms. The molecule has 3 aromatic rings. The minimum absolute atomic E-state index is 0.679. The third kappa shape index (κ3) is 3.28. The highest BCUT2D eigenvalue weighted by Crippen LogP contribution is 2.27. The molecule has 1 heterocycles. The number of hydrogen-bond acceptors (Lipinski definition) is 2. The molecule has 5 heteroatoms. The van der Waals surface area contributed by atoms with Gasteiger partial charge in [0, 0.05) is 39.7 Å². The lowest BCUT2D eigenvalue weighted by Gasteiger charge is -2.09. The Morgan fingerprint density at radius 2 is 2.05 bits per heavy atom. The van der Waals surface area contributed by atoms with Crippen LogP contribution in [-0.4, -0.2) is 9.55 Å². The van der Waals surface area contributed by atoms with Crippen LogP contribution in [0.2, 0.25) is 5.02 Å². The molecule has 0 saturated heterocycles. The Morgan fingerprint density at radius 1 is 1.19 bits per heavy atom. The third-order valence-electron chi connectivity index (χ3n) is 3.14. The highest BCUT2D eigenvalue weighted by Gasteiger charge is 2.08. The van der Waals surface area contributed by atoms with Crippen molar-refractivity contribution >= 4 is 33.2 Å². The molecule has 0 bridgehead atoms. The number of benzene rings is 2. The summed E-state index contributed by atoms with van der Waals surface area (Å²) in [7, 11) is 0. The number of hydrogen-bond donors (Lipinski definition) is 1. The van der Waals surface area contributed by atoms with E-state index in [1.54, 1.807) is 6.20 Å². The van der Waals surface area contributed by atoms with Gasteiger partial charge in [-0.3, -0.25) is 0 Å². The number of aromatic nitrogens is 2. The van der Waals surface area contributed by atoms with Gasteiger partial charge in [-0.25, -0.2) is 4.98 Å². The molecule has 0 saturated carbocycles. The molecule has 0 amide bonds. The highest BCUT2D eigenvalue weighted by atomic mass is 79.9. The molecule has 0 unspecified atom stereocenters. The van der Waals surface area contributed by atoms with Crippen molar-refractivity contribution in [3.8, 4) is 11.4 Å². The van der Waals surface area contributed by atoms with E-state index in [1.165, 1.54) is 0 Å². The summed E-state index contributed by atoms with van der Waals surface area (Å²) in [4.78, 5) is 4.44. The molecule has 0 atom stereocenters. The van der Waals surface area contributed by atoms with Gasteiger partial charge in [0.1, 0.15) is 5.82 Å². The van der Waals surface area contributed by atoms with Crippen molar-refractivity contribution in [3.05, 3.63) is 69.9 Å². The largest absolute Gasteiger partial charge is 0.399 e. The van der Waals surface area contributed by atoms with Gasteiger partial charge in [-0.1, -0.05) is 39.7 Å². The molecule has 0 aliphatic rings. The van der Waals surface area contributed by atoms with Crippen molar-refractivity contribution in [2.24, 2.45) is 0 Å². The molecule has 2 N–H and O–H groups in total. The molecule has 3 rings (SSSR count). The first-order valence-electron chi connectivity index (χ1n) is 6.44. The van der Waals surface area contributed by atoms with Gasteiger partial charge in [-0.2, -0.15) is 0 Å². The topological polar surface area (TPSA) is 43.8 Å². The van der Waals surface area contributed by atoms with Crippen LogP contribution in [0.25, 0.3) is 11.4 Å². The number of nitrogens with zero attached hydrogens (tertiary/aromatic N) is 2. The highest BCUT2D eigenvalue weighted by molar-refractivity contribution is 9.10. The van der Waals surface area contributed by atoms with Crippen molar-refractivity contribution in [2.75, 3.05) is 5.73 Å². The van der Waals surface area contributed by atoms with Crippen LogP contribution >= 0.6 is 27.5 Å². The van der Waals surface area contributed by atoms with E-state index >= 15 is 0 Å². The van der Waals surface area contributed by atoms with Gasteiger partial charge in [0.15, 0.2) is 0 Å². The van der Waals surface area contributed by atoms with Gasteiger partial charge in [-0.05, 0) is 35.9 Å². The standard InChI is InChI=1S/C16H13BrClN3/c17-13-7-12(8-14(18)9-13)16-20-4-5-21(16)10-11-2-1-3-15(19)6-11/h1-9H,10,19H2. The summed E-state index contributed by atoms with van der Waals surface area (Å²) in [6.07, 6.45) is 3.74. The van der Waals surface area contributed by atoms with Crippen LogP contribution < -0.4 is 5.73 Å². The van der Waals surface area contributed by atoms with Crippen molar-refractivity contribution < 1.29 is 0 Å². The predicted octanol–water partition coefficient (Wildman–Crippen LogP) is 4.60. The Balaban J connectivity index is 1.97. The molecule has 0 aliphatic carbocycles. The van der Waals surface area contributed by atoms with E-state index in [0.29, 0.717) is 11.6 Å². The second kappa shape index (κ2) is 5.92. The van der Waals surface area contributed by atoms with E-state index in [1.807, 2.05) is 48.7 Å². The quantitative estimate of drug-likeness (QED) is 0.692. The Bertz CT molecular complexity index is 762. The molecule has 0 radical (unpaired) electrons. The third-order valence-corrected chi connectivity index (χ3v) is 3.82. The summed E-state index contributed by atoms with van der Waals surface area (Å²) in [5.41, 5.74) is 8.70. The SMILES string of the molecule is Nc1cccc(Cn2ccnc2-c2cc(Cl)cc(Br)c2)c1. The van der Waals surface area contributed by atoms with Crippen molar-refractivity contribution in [1.29, 1.82) is 0 Å². The second-order valence-corrected chi connectivity index (χ2v) is 6.13. The van der Waals surface area contributed by atoms with E-state index < -0.39 is 0 Å². The number of halogens is 2. The Kier molecular flexibility index (Phi) is 3.99. The summed E-state index contributed by atoms with van der Waals surface area (Å²) < 4.78 is 3.01. The normalized spacial score (nSPS) is 10.8. The van der Waals surface area contributed by atoms with Crippen LogP contribution in [0.3, 0.4) is 0 Å². The van der Waals surface area contributed by atoms with Crippen molar-refractivity contribution in [2.45, 2.75) is 6.54 Å². The van der Waals surface area contributed by atoms with Gasteiger partial charge >= 0.3 is 0 Å². The smallest absolute Gasteiger partial charge is 0.140 e. The average Bonchev–Trinajstić information content (AvgIpc) is 2.85. The fourth-order valence-corrected chi connectivity index (χ4v) is 3.13. The van der Waals surface area contributed by atoms with E-state index in [0.717, 1.165) is 27.1 Å². The predicted molar refractivity (Wildman–Crippen MR) is 90.3 cm³/mol. The van der Waals surface area contributed by atoms with Gasteiger partial charge < -0.3 is 10.3 Å². The molecule has 106 valence electrons. The zero-order valence-corrected chi connectivity index (χ0v) is 13.5. The Hall–Kier alpha value is -1.78. The van der Waals surface area contributed by atoms with E-state index in [4.69, 9.17) is 17.3 Å². The van der Waals surface area contributed by atoms with E-state index in [-0.39, 0.29) is 0 Å².